The molecular weight excluding hydrogens is 1090 g/mol. The van der Waals surface area contributed by atoms with E-state index in [9.17, 15) is 0 Å². The van der Waals surface area contributed by atoms with E-state index in [4.69, 9.17) is 0 Å². The lowest BCUT2D eigenvalue weighted by Gasteiger charge is -2.35. The molecule has 18 rings (SSSR count). The second kappa shape index (κ2) is 20.3. The van der Waals surface area contributed by atoms with E-state index in [-0.39, 0.29) is 0 Å². The van der Waals surface area contributed by atoms with Crippen molar-refractivity contribution in [2.45, 2.75) is 0 Å². The normalized spacial score (nSPS) is 12.0. The van der Waals surface area contributed by atoms with Crippen LogP contribution in [0.15, 0.2) is 340 Å². The van der Waals surface area contributed by atoms with Crippen molar-refractivity contribution < 1.29 is 0 Å². The van der Waals surface area contributed by atoms with Gasteiger partial charge in [-0.2, -0.15) is 0 Å². The summed E-state index contributed by atoms with van der Waals surface area (Å²) in [5.41, 5.74) is 18.0. The molecule has 0 amide bonds. The number of hydrogen-bond donors (Lipinski definition) is 0. The zero-order valence-corrected chi connectivity index (χ0v) is 49.6. The molecule has 0 saturated carbocycles. The molecule has 0 aliphatic carbocycles. The Morgan fingerprint density at radius 1 is 0.157 bits per heavy atom. The molecular formula is C84H56N4Si. The number of aromatic nitrogens is 4. The van der Waals surface area contributed by atoms with Gasteiger partial charge in [0.2, 0.25) is 0 Å². The number of hydrogen-bond acceptors (Lipinski definition) is 0. The Bertz CT molecular complexity index is 5500. The molecule has 4 nitrogen and oxygen atoms in total. The predicted molar refractivity (Wildman–Crippen MR) is 378 cm³/mol. The van der Waals surface area contributed by atoms with Crippen molar-refractivity contribution in [3.63, 3.8) is 0 Å². The van der Waals surface area contributed by atoms with Crippen LogP contribution in [0.2, 0.25) is 0 Å². The highest BCUT2D eigenvalue weighted by Gasteiger charge is 2.42. The van der Waals surface area contributed by atoms with E-state index in [1.54, 1.807) is 0 Å². The van der Waals surface area contributed by atoms with Crippen LogP contribution in [0.25, 0.3) is 132 Å². The van der Waals surface area contributed by atoms with Crippen molar-refractivity contribution in [2.24, 2.45) is 0 Å². The van der Waals surface area contributed by atoms with Crippen LogP contribution in [-0.4, -0.2) is 26.3 Å². The Morgan fingerprint density at radius 3 is 0.719 bits per heavy atom. The summed E-state index contributed by atoms with van der Waals surface area (Å²) in [5, 5.41) is 14.9. The molecule has 4 heterocycles. The summed E-state index contributed by atoms with van der Waals surface area (Å²) in [6.45, 7) is 0. The molecule has 0 N–H and O–H groups in total. The molecule has 0 saturated heterocycles. The first kappa shape index (κ1) is 50.8. The third-order valence-corrected chi connectivity index (χ3v) is 23.7. The highest BCUT2D eigenvalue weighted by atomic mass is 28.3. The monoisotopic (exact) mass is 1150 g/mol. The molecule has 0 fully saturated rings. The van der Waals surface area contributed by atoms with Crippen molar-refractivity contribution in [3.05, 3.63) is 340 Å². The van der Waals surface area contributed by atoms with E-state index in [0.717, 1.165) is 89.1 Å². The van der Waals surface area contributed by atoms with Gasteiger partial charge in [-0.15, -0.1) is 0 Å². The fourth-order valence-corrected chi connectivity index (χ4v) is 20.0. The molecule has 0 spiro atoms. The van der Waals surface area contributed by atoms with Crippen LogP contribution < -0.4 is 20.7 Å². The van der Waals surface area contributed by atoms with Crippen LogP contribution in [0.3, 0.4) is 0 Å². The van der Waals surface area contributed by atoms with Gasteiger partial charge in [-0.25, -0.2) is 0 Å². The van der Waals surface area contributed by atoms with Crippen molar-refractivity contribution in [3.8, 4) is 45.0 Å². The Labute approximate surface area is 515 Å². The van der Waals surface area contributed by atoms with Gasteiger partial charge in [-0.3, -0.25) is 0 Å². The second-order valence-electron chi connectivity index (χ2n) is 23.5. The molecule has 0 aliphatic rings. The largest absolute Gasteiger partial charge is 0.309 e. The summed E-state index contributed by atoms with van der Waals surface area (Å²) in [4.78, 5) is 0. The number of rotatable bonds is 10. The number of fused-ring (bicyclic) bond motifs is 12. The van der Waals surface area contributed by atoms with Crippen LogP contribution in [0.1, 0.15) is 0 Å². The molecule has 0 radical (unpaired) electrons. The summed E-state index contributed by atoms with van der Waals surface area (Å²) in [6.07, 6.45) is 0. The van der Waals surface area contributed by atoms with E-state index in [1.807, 2.05) is 0 Å². The Balaban J connectivity index is 1.07. The molecule has 0 unspecified atom stereocenters. The van der Waals surface area contributed by atoms with Gasteiger partial charge < -0.3 is 18.3 Å². The van der Waals surface area contributed by atoms with Gasteiger partial charge in [0, 0.05) is 65.3 Å². The maximum Gasteiger partial charge on any atom is 0.179 e. The van der Waals surface area contributed by atoms with Gasteiger partial charge >= 0.3 is 0 Å². The van der Waals surface area contributed by atoms with Gasteiger partial charge in [0.25, 0.3) is 0 Å². The first-order valence-electron chi connectivity index (χ1n) is 30.8. The lowest BCUT2D eigenvalue weighted by atomic mass is 9.93. The number of para-hydroxylation sites is 9. The quantitative estimate of drug-likeness (QED) is 0.0961. The lowest BCUT2D eigenvalue weighted by Crippen LogP contribution is -2.74. The van der Waals surface area contributed by atoms with Crippen LogP contribution in [0.5, 0.6) is 0 Å². The Kier molecular flexibility index (Phi) is 11.6. The van der Waals surface area contributed by atoms with E-state index in [2.05, 4.69) is 358 Å². The zero-order chi connectivity index (χ0) is 58.6. The predicted octanol–water partition coefficient (Wildman–Crippen LogP) is 18.8. The second-order valence-corrected chi connectivity index (χ2v) is 27.3. The topological polar surface area (TPSA) is 19.7 Å². The minimum Gasteiger partial charge on any atom is -0.309 e. The molecule has 14 aromatic carbocycles. The third kappa shape index (κ3) is 7.59. The standard InChI is InChI=1S/C84H56N4Si/c1-4-28-57(29-5-1)89(58-30-6-2-7-31-58,59-32-8-3-9-33-59)60-52-53-82(86-75-45-21-12-36-63(75)64-37-13-22-46-76(64)86)70(54-60)72-56-83(87-77-47-23-14-38-65(77)66-39-15-24-48-78(66)87)71(55-84(72)88-79-49-25-16-40-67(79)68-41-17-26-50-80(68)88)69-42-18-27-51-81(69)85-73-43-19-10-34-61(73)62-35-11-20-44-74(62)85/h1-56H. The van der Waals surface area contributed by atoms with Crippen LogP contribution in [0.4, 0.5) is 0 Å². The number of nitrogens with zero attached hydrogens (tertiary/aromatic N) is 4. The average molecular weight is 1150 g/mol. The molecule has 89 heavy (non-hydrogen) atoms. The lowest BCUT2D eigenvalue weighted by molar-refractivity contribution is 1.13. The van der Waals surface area contributed by atoms with Gasteiger partial charge in [-0.1, -0.05) is 267 Å². The van der Waals surface area contributed by atoms with Crippen LogP contribution in [-0.2, 0) is 0 Å². The van der Waals surface area contributed by atoms with Crippen molar-refractivity contribution in [1.82, 2.24) is 18.3 Å². The summed E-state index contributed by atoms with van der Waals surface area (Å²) in [7, 11) is -3.16. The van der Waals surface area contributed by atoms with Crippen LogP contribution in [0, 0.1) is 0 Å². The fourth-order valence-electron chi connectivity index (χ4n) is 15.2. The first-order valence-corrected chi connectivity index (χ1v) is 32.8. The first-order chi connectivity index (χ1) is 44.2. The highest BCUT2D eigenvalue weighted by Crippen LogP contribution is 2.48. The molecule has 4 aromatic heterocycles. The summed E-state index contributed by atoms with van der Waals surface area (Å²) in [6, 6.07) is 127. The molecule has 0 bridgehead atoms. The Morgan fingerprint density at radius 2 is 0.393 bits per heavy atom. The van der Waals surface area contributed by atoms with Crippen molar-refractivity contribution in [1.29, 1.82) is 0 Å². The van der Waals surface area contributed by atoms with Gasteiger partial charge in [0.1, 0.15) is 0 Å². The fraction of sp³-hybridized carbons (Fsp3) is 0. The van der Waals surface area contributed by atoms with E-state index in [0.29, 0.717) is 0 Å². The maximum atomic E-state index is 2.62. The molecule has 18 aromatic rings. The third-order valence-electron chi connectivity index (χ3n) is 18.9. The number of benzene rings is 14. The van der Waals surface area contributed by atoms with Gasteiger partial charge in [0.15, 0.2) is 8.07 Å². The van der Waals surface area contributed by atoms with Gasteiger partial charge in [0.05, 0.1) is 66.9 Å². The van der Waals surface area contributed by atoms with E-state index in [1.165, 1.54) is 63.8 Å². The summed E-state index contributed by atoms with van der Waals surface area (Å²) in [5.74, 6) is 0. The molecule has 416 valence electrons. The molecule has 5 heteroatoms. The van der Waals surface area contributed by atoms with Crippen molar-refractivity contribution >= 4 is 116 Å². The molecule has 0 atom stereocenters. The maximum absolute atomic E-state index is 3.16. The highest BCUT2D eigenvalue weighted by molar-refractivity contribution is 7.20. The van der Waals surface area contributed by atoms with Crippen molar-refractivity contribution in [2.75, 3.05) is 0 Å². The Hall–Kier alpha value is -11.5. The molecule has 0 aliphatic heterocycles. The average Bonchev–Trinajstić information content (AvgIpc) is 1.79. The van der Waals surface area contributed by atoms with Crippen LogP contribution >= 0.6 is 0 Å². The summed E-state index contributed by atoms with van der Waals surface area (Å²) >= 11 is 0. The smallest absolute Gasteiger partial charge is 0.179 e. The SMILES string of the molecule is c1ccc([Si](c2ccccc2)(c2ccccc2)c2ccc(-n3c4ccccc4c4ccccc43)c(-c3cc(-n4c5ccccc5c5ccccc54)c(-c4ccccc4-n4c5ccccc5c5ccccc54)cc3-n3c4ccccc4c4ccccc43)c2)cc1. The van der Waals surface area contributed by atoms with E-state index >= 15 is 0 Å². The van der Waals surface area contributed by atoms with Gasteiger partial charge in [-0.05, 0) is 93.5 Å². The van der Waals surface area contributed by atoms with E-state index < -0.39 is 8.07 Å². The zero-order valence-electron chi connectivity index (χ0n) is 48.6. The minimum atomic E-state index is -3.16. The summed E-state index contributed by atoms with van der Waals surface area (Å²) < 4.78 is 10.2. The minimum absolute atomic E-state index is 1.07.